The summed E-state index contributed by atoms with van der Waals surface area (Å²) < 4.78 is 0. The summed E-state index contributed by atoms with van der Waals surface area (Å²) in [5.41, 5.74) is -0.801. The van der Waals surface area contributed by atoms with Gasteiger partial charge in [-0.05, 0) is 25.0 Å². The summed E-state index contributed by atoms with van der Waals surface area (Å²) in [6.07, 6.45) is 3.69. The summed E-state index contributed by atoms with van der Waals surface area (Å²) >= 11 is 0. The second kappa shape index (κ2) is 8.02. The fourth-order valence-electron chi connectivity index (χ4n) is 3.64. The molecule has 2 aromatic rings. The van der Waals surface area contributed by atoms with Gasteiger partial charge in [0, 0.05) is 32.7 Å². The number of aliphatic hydroxyl groups is 1. The first kappa shape index (κ1) is 19.9. The van der Waals surface area contributed by atoms with Crippen LogP contribution in [0.1, 0.15) is 36.0 Å². The predicted molar refractivity (Wildman–Crippen MR) is 107 cm³/mol. The Labute approximate surface area is 162 Å². The highest BCUT2D eigenvalue weighted by Gasteiger charge is 2.29. The first-order chi connectivity index (χ1) is 13.3. The van der Waals surface area contributed by atoms with Crippen LogP contribution in [0.2, 0.25) is 0 Å². The first-order valence-corrected chi connectivity index (χ1v) is 9.36. The van der Waals surface area contributed by atoms with E-state index in [0.717, 1.165) is 25.7 Å². The second-order valence-corrected chi connectivity index (χ2v) is 7.41. The molecule has 1 fully saturated rings. The van der Waals surface area contributed by atoms with E-state index >= 15 is 0 Å². The van der Waals surface area contributed by atoms with Crippen LogP contribution in [0.25, 0.3) is 0 Å². The van der Waals surface area contributed by atoms with Gasteiger partial charge >= 0.3 is 0 Å². The van der Waals surface area contributed by atoms with Crippen LogP contribution < -0.4 is 21.5 Å². The van der Waals surface area contributed by atoms with Crippen molar-refractivity contribution in [1.29, 1.82) is 0 Å². The van der Waals surface area contributed by atoms with E-state index in [0.29, 0.717) is 0 Å². The number of hydrogen-bond donors (Lipinski definition) is 4. The Hall–Kier alpha value is -2.87. The number of rotatable bonds is 6. The molecular formula is C20H25N3O5. The van der Waals surface area contributed by atoms with Gasteiger partial charge in [-0.25, -0.2) is 0 Å². The van der Waals surface area contributed by atoms with Gasteiger partial charge in [-0.15, -0.1) is 0 Å². The molecule has 0 aliphatic heterocycles. The lowest BCUT2D eigenvalue weighted by atomic mass is 9.84. The van der Waals surface area contributed by atoms with E-state index < -0.39 is 10.9 Å². The van der Waals surface area contributed by atoms with E-state index in [1.54, 1.807) is 20.2 Å². The number of benzene rings is 1. The fraction of sp³-hybridized carbons (Fsp3) is 0.450. The summed E-state index contributed by atoms with van der Waals surface area (Å²) in [7, 11) is 3.14. The van der Waals surface area contributed by atoms with E-state index in [4.69, 9.17) is 0 Å². The minimum Gasteiger partial charge on any atom is -0.505 e. The molecule has 150 valence electrons. The standard InChI is InChI=1S/C20H25N3O5/c1-23(2)20(28)12-7-5-9-14(17(12)25)22-16-15(18(26)19(16)27)21-13-8-4-3-6-11(13)10-24/h5,7,9,11,13,21-22,24-25H,3-4,6,8,10H2,1-2H3/t11-,13-/m0/s1. The van der Waals surface area contributed by atoms with Gasteiger partial charge in [0.15, 0.2) is 5.75 Å². The van der Waals surface area contributed by atoms with Crippen LogP contribution in [0.3, 0.4) is 0 Å². The Bertz CT molecular complexity index is 946. The van der Waals surface area contributed by atoms with Crippen molar-refractivity contribution in [3.05, 3.63) is 44.2 Å². The number of carbonyl (C=O) groups excluding carboxylic acids is 1. The van der Waals surface area contributed by atoms with E-state index in [1.807, 2.05) is 0 Å². The smallest absolute Gasteiger partial charge is 0.257 e. The Morgan fingerprint density at radius 1 is 1.14 bits per heavy atom. The molecule has 2 atom stereocenters. The van der Waals surface area contributed by atoms with E-state index in [1.165, 1.54) is 17.0 Å². The third-order valence-electron chi connectivity index (χ3n) is 5.32. The van der Waals surface area contributed by atoms with Crippen molar-refractivity contribution in [3.8, 4) is 5.75 Å². The number of aromatic hydroxyl groups is 1. The quantitative estimate of drug-likeness (QED) is 0.437. The van der Waals surface area contributed by atoms with Crippen molar-refractivity contribution >= 4 is 23.0 Å². The summed E-state index contributed by atoms with van der Waals surface area (Å²) in [5, 5.41) is 25.9. The van der Waals surface area contributed by atoms with Crippen molar-refractivity contribution < 1.29 is 15.0 Å². The summed E-state index contributed by atoms with van der Waals surface area (Å²) in [6, 6.07) is 4.51. The maximum Gasteiger partial charge on any atom is 0.257 e. The number of anilines is 3. The molecule has 8 nitrogen and oxygen atoms in total. The number of amides is 1. The molecule has 0 aromatic heterocycles. The molecule has 8 heteroatoms. The first-order valence-electron chi connectivity index (χ1n) is 9.36. The molecule has 1 aliphatic carbocycles. The number of carbonyl (C=O) groups is 1. The van der Waals surface area contributed by atoms with Gasteiger partial charge in [0.25, 0.3) is 16.8 Å². The van der Waals surface area contributed by atoms with Gasteiger partial charge in [-0.1, -0.05) is 18.9 Å². The normalized spacial score (nSPS) is 19.4. The van der Waals surface area contributed by atoms with Gasteiger partial charge in [0.1, 0.15) is 11.4 Å². The molecule has 2 aromatic carbocycles. The van der Waals surface area contributed by atoms with Crippen LogP contribution in [-0.2, 0) is 0 Å². The highest BCUT2D eigenvalue weighted by molar-refractivity contribution is 5.99. The molecular weight excluding hydrogens is 362 g/mol. The Kier molecular flexibility index (Phi) is 5.69. The number of phenols is 1. The maximum atomic E-state index is 12.2. The molecule has 1 amide bonds. The molecule has 4 N–H and O–H groups in total. The topological polar surface area (TPSA) is 119 Å². The highest BCUT2D eigenvalue weighted by Crippen LogP contribution is 2.33. The molecule has 1 saturated carbocycles. The molecule has 0 unspecified atom stereocenters. The van der Waals surface area contributed by atoms with Gasteiger partial charge in [-0.3, -0.25) is 14.4 Å². The van der Waals surface area contributed by atoms with Crippen LogP contribution in [0.5, 0.6) is 5.75 Å². The molecule has 0 radical (unpaired) electrons. The molecule has 28 heavy (non-hydrogen) atoms. The molecule has 0 spiro atoms. The van der Waals surface area contributed by atoms with Crippen molar-refractivity contribution in [2.24, 2.45) is 5.92 Å². The van der Waals surface area contributed by atoms with Gasteiger partial charge in [-0.2, -0.15) is 0 Å². The van der Waals surface area contributed by atoms with Crippen molar-refractivity contribution in [3.63, 3.8) is 0 Å². The van der Waals surface area contributed by atoms with Crippen molar-refractivity contribution in [2.75, 3.05) is 31.3 Å². The largest absolute Gasteiger partial charge is 0.505 e. The van der Waals surface area contributed by atoms with Gasteiger partial charge in [0.05, 0.1) is 11.3 Å². The van der Waals surface area contributed by atoms with E-state index in [9.17, 15) is 24.6 Å². The SMILES string of the molecule is CN(C)C(=O)c1cccc(Nc2c(N[C@H]3CCCC[C@H]3CO)c(=O)c2=O)c1O. The monoisotopic (exact) mass is 387 g/mol. The average Bonchev–Trinajstić information content (AvgIpc) is 2.71. The predicted octanol–water partition coefficient (Wildman–Crippen LogP) is 1.40. The number of nitrogens with one attached hydrogen (secondary N) is 2. The number of para-hydroxylation sites is 1. The number of phenolic OH excluding ortho intramolecular Hbond substituents is 1. The lowest BCUT2D eigenvalue weighted by molar-refractivity contribution is 0.0824. The van der Waals surface area contributed by atoms with Crippen LogP contribution in [0.4, 0.5) is 17.1 Å². The third-order valence-corrected chi connectivity index (χ3v) is 5.32. The molecule has 0 bridgehead atoms. The van der Waals surface area contributed by atoms with Crippen LogP contribution >= 0.6 is 0 Å². The van der Waals surface area contributed by atoms with E-state index in [-0.39, 0.29) is 52.8 Å². The van der Waals surface area contributed by atoms with Crippen molar-refractivity contribution in [1.82, 2.24) is 4.90 Å². The lowest BCUT2D eigenvalue weighted by Crippen LogP contribution is -2.42. The van der Waals surface area contributed by atoms with Crippen molar-refractivity contribution in [2.45, 2.75) is 31.7 Å². The maximum absolute atomic E-state index is 12.2. The van der Waals surface area contributed by atoms with Gasteiger partial charge < -0.3 is 25.7 Å². The zero-order valence-electron chi connectivity index (χ0n) is 16.0. The Balaban J connectivity index is 1.86. The molecule has 0 saturated heterocycles. The summed E-state index contributed by atoms with van der Waals surface area (Å²) in [5.74, 6) is -0.635. The van der Waals surface area contributed by atoms with Crippen LogP contribution in [-0.4, -0.2) is 47.8 Å². The third kappa shape index (κ3) is 3.60. The Morgan fingerprint density at radius 3 is 2.50 bits per heavy atom. The zero-order valence-corrected chi connectivity index (χ0v) is 16.0. The van der Waals surface area contributed by atoms with Crippen LogP contribution in [0, 0.1) is 5.92 Å². The molecule has 1 aliphatic rings. The summed E-state index contributed by atoms with van der Waals surface area (Å²) in [6.45, 7) is 0.0192. The highest BCUT2D eigenvalue weighted by atomic mass is 16.3. The minimum absolute atomic E-state index is 0.0192. The van der Waals surface area contributed by atoms with Gasteiger partial charge in [0.2, 0.25) is 0 Å². The summed E-state index contributed by atoms with van der Waals surface area (Å²) in [4.78, 5) is 37.7. The lowest BCUT2D eigenvalue weighted by Gasteiger charge is -2.32. The van der Waals surface area contributed by atoms with E-state index in [2.05, 4.69) is 10.6 Å². The second-order valence-electron chi connectivity index (χ2n) is 7.41. The minimum atomic E-state index is -0.678. The zero-order chi connectivity index (χ0) is 20.4. The van der Waals surface area contributed by atoms with Crippen LogP contribution in [0.15, 0.2) is 27.8 Å². The number of aliphatic hydroxyl groups excluding tert-OH is 1. The Morgan fingerprint density at radius 2 is 1.82 bits per heavy atom. The number of hydrogen-bond acceptors (Lipinski definition) is 7. The molecule has 3 rings (SSSR count). The average molecular weight is 387 g/mol. The fourth-order valence-corrected chi connectivity index (χ4v) is 3.64. The number of nitrogens with zero attached hydrogens (tertiary/aromatic N) is 1. The molecule has 0 heterocycles.